The van der Waals surface area contributed by atoms with Gasteiger partial charge in [-0.05, 0) is 19.1 Å². The molecule has 23 heavy (non-hydrogen) atoms. The number of aryl methyl sites for hydroxylation is 1. The second-order valence-electron chi connectivity index (χ2n) is 6.08. The molecule has 126 valence electrons. The van der Waals surface area contributed by atoms with E-state index in [-0.39, 0.29) is 6.61 Å². The van der Waals surface area contributed by atoms with Gasteiger partial charge in [0.1, 0.15) is 30.0 Å². The molecular weight excluding hydrogens is 300 g/mol. The first kappa shape index (κ1) is 16.1. The molecule has 8 nitrogen and oxygen atoms in total. The fourth-order valence-corrected chi connectivity index (χ4v) is 2.88. The summed E-state index contributed by atoms with van der Waals surface area (Å²) in [6, 6.07) is 3.87. The van der Waals surface area contributed by atoms with Crippen LogP contribution in [-0.4, -0.2) is 75.0 Å². The van der Waals surface area contributed by atoms with Gasteiger partial charge in [0.25, 0.3) is 0 Å². The maximum atomic E-state index is 10.1. The Kier molecular flexibility index (Phi) is 4.24. The van der Waals surface area contributed by atoms with Crippen LogP contribution in [0.3, 0.4) is 0 Å². The topological polar surface area (TPSA) is 103 Å². The van der Waals surface area contributed by atoms with Gasteiger partial charge in [-0.15, -0.1) is 5.10 Å². The van der Waals surface area contributed by atoms with Gasteiger partial charge in [-0.25, -0.2) is 9.50 Å². The van der Waals surface area contributed by atoms with E-state index in [0.29, 0.717) is 12.2 Å². The van der Waals surface area contributed by atoms with Crippen molar-refractivity contribution in [2.75, 3.05) is 25.6 Å². The van der Waals surface area contributed by atoms with Gasteiger partial charge in [0, 0.05) is 20.5 Å². The van der Waals surface area contributed by atoms with Crippen molar-refractivity contribution < 1.29 is 20.1 Å². The lowest BCUT2D eigenvalue weighted by molar-refractivity contribution is -0.0221. The van der Waals surface area contributed by atoms with Crippen molar-refractivity contribution >= 4 is 11.3 Å². The van der Waals surface area contributed by atoms with Gasteiger partial charge in [-0.2, -0.15) is 0 Å². The van der Waals surface area contributed by atoms with Gasteiger partial charge in [-0.1, -0.05) is 0 Å². The fraction of sp³-hybridized carbons (Fsp3) is 0.600. The number of imidazole rings is 1. The number of ether oxygens (including phenoxy) is 1. The lowest BCUT2D eigenvalue weighted by Crippen LogP contribution is -2.34. The Balaban J connectivity index is 1.92. The van der Waals surface area contributed by atoms with E-state index in [1.807, 2.05) is 38.1 Å². The molecule has 2 aromatic rings. The summed E-state index contributed by atoms with van der Waals surface area (Å²) >= 11 is 0. The van der Waals surface area contributed by atoms with E-state index < -0.39 is 24.4 Å². The van der Waals surface area contributed by atoms with Crippen LogP contribution in [0, 0.1) is 6.92 Å². The first-order valence-electron chi connectivity index (χ1n) is 7.57. The zero-order valence-electron chi connectivity index (χ0n) is 13.4. The predicted octanol–water partition coefficient (Wildman–Crippen LogP) is -0.872. The molecule has 1 aliphatic heterocycles. The minimum absolute atomic E-state index is 0.299. The number of aliphatic hydroxyl groups excluding tert-OH is 3. The third kappa shape index (κ3) is 2.78. The molecule has 0 aliphatic carbocycles. The van der Waals surface area contributed by atoms with Crippen molar-refractivity contribution in [2.24, 2.45) is 0 Å². The molecule has 1 saturated heterocycles. The number of aromatic nitrogens is 3. The first-order chi connectivity index (χ1) is 10.9. The minimum atomic E-state index is -1.09. The van der Waals surface area contributed by atoms with Gasteiger partial charge in [0.2, 0.25) is 0 Å². The van der Waals surface area contributed by atoms with Crippen LogP contribution in [0.25, 0.3) is 5.52 Å². The third-order valence-electron chi connectivity index (χ3n) is 4.22. The van der Waals surface area contributed by atoms with Crippen LogP contribution in [0.1, 0.15) is 11.5 Å². The SMILES string of the molecule is Cc1nc(C[C@@H]2O[C@H](CO)[C@@H](O)[C@H]2O)n2nc(N(C)C)ccc12. The highest BCUT2D eigenvalue weighted by molar-refractivity contribution is 5.55. The van der Waals surface area contributed by atoms with Crippen LogP contribution in [0.2, 0.25) is 0 Å². The lowest BCUT2D eigenvalue weighted by atomic mass is 10.1. The smallest absolute Gasteiger partial charge is 0.149 e. The number of nitrogens with zero attached hydrogens (tertiary/aromatic N) is 4. The first-order valence-corrected chi connectivity index (χ1v) is 7.57. The monoisotopic (exact) mass is 322 g/mol. The molecule has 0 unspecified atom stereocenters. The molecule has 1 fully saturated rings. The largest absolute Gasteiger partial charge is 0.394 e. The summed E-state index contributed by atoms with van der Waals surface area (Å²) in [5.74, 6) is 1.44. The molecule has 4 atom stereocenters. The van der Waals surface area contributed by atoms with E-state index in [1.54, 1.807) is 4.52 Å². The Morgan fingerprint density at radius 1 is 1.22 bits per heavy atom. The molecule has 8 heteroatoms. The molecule has 0 saturated carbocycles. The molecule has 1 aliphatic rings. The van der Waals surface area contributed by atoms with E-state index in [2.05, 4.69) is 10.1 Å². The molecule has 0 amide bonds. The van der Waals surface area contributed by atoms with Crippen molar-refractivity contribution in [2.45, 2.75) is 37.8 Å². The second-order valence-corrected chi connectivity index (χ2v) is 6.08. The highest BCUT2D eigenvalue weighted by Gasteiger charge is 2.42. The summed E-state index contributed by atoms with van der Waals surface area (Å²) in [7, 11) is 3.81. The average molecular weight is 322 g/mol. The lowest BCUT2D eigenvalue weighted by Gasteiger charge is -2.14. The average Bonchev–Trinajstić information content (AvgIpc) is 2.99. The summed E-state index contributed by atoms with van der Waals surface area (Å²) < 4.78 is 7.27. The molecule has 3 heterocycles. The van der Waals surface area contributed by atoms with Crippen LogP contribution >= 0.6 is 0 Å². The molecule has 0 spiro atoms. The number of anilines is 1. The Bertz CT molecular complexity index is 702. The zero-order chi connectivity index (χ0) is 16.7. The normalized spacial score (nSPS) is 27.7. The van der Waals surface area contributed by atoms with E-state index in [1.165, 1.54) is 0 Å². The number of rotatable bonds is 4. The van der Waals surface area contributed by atoms with Gasteiger partial charge in [0.05, 0.1) is 23.9 Å². The van der Waals surface area contributed by atoms with Crippen molar-refractivity contribution in [3.63, 3.8) is 0 Å². The molecule has 3 N–H and O–H groups in total. The summed E-state index contributed by atoms with van der Waals surface area (Å²) in [4.78, 5) is 6.40. The van der Waals surface area contributed by atoms with Gasteiger partial charge >= 0.3 is 0 Å². The number of aliphatic hydroxyl groups is 3. The molecule has 0 aromatic carbocycles. The standard InChI is InChI=1S/C15H22N4O4/c1-8-9-4-5-12(18(2)3)17-19(9)13(16-8)6-10-14(21)15(22)11(7-20)23-10/h4-5,10-11,14-15,20-22H,6-7H2,1-3H3/t10-,11+,14-,15+/m0/s1. The van der Waals surface area contributed by atoms with E-state index in [0.717, 1.165) is 17.0 Å². The molecular formula is C15H22N4O4. The second kappa shape index (κ2) is 6.04. The molecule has 2 aromatic heterocycles. The zero-order valence-corrected chi connectivity index (χ0v) is 13.4. The minimum Gasteiger partial charge on any atom is -0.394 e. The van der Waals surface area contributed by atoms with Crippen molar-refractivity contribution in [1.29, 1.82) is 0 Å². The van der Waals surface area contributed by atoms with Crippen LogP contribution in [0.5, 0.6) is 0 Å². The summed E-state index contributed by atoms with van der Waals surface area (Å²) in [5, 5.41) is 33.7. The van der Waals surface area contributed by atoms with E-state index >= 15 is 0 Å². The Morgan fingerprint density at radius 2 is 1.91 bits per heavy atom. The van der Waals surface area contributed by atoms with Gasteiger partial charge in [-0.3, -0.25) is 0 Å². The summed E-state index contributed by atoms with van der Waals surface area (Å²) in [5.41, 5.74) is 1.72. The summed E-state index contributed by atoms with van der Waals surface area (Å²) in [6.45, 7) is 1.56. The highest BCUT2D eigenvalue weighted by Crippen LogP contribution is 2.25. The van der Waals surface area contributed by atoms with Crippen molar-refractivity contribution in [1.82, 2.24) is 14.6 Å². The van der Waals surface area contributed by atoms with Crippen molar-refractivity contribution in [3.8, 4) is 0 Å². The van der Waals surface area contributed by atoms with Gasteiger partial charge in [0.15, 0.2) is 0 Å². The Hall–Kier alpha value is -1.74. The maximum Gasteiger partial charge on any atom is 0.149 e. The van der Waals surface area contributed by atoms with E-state index in [4.69, 9.17) is 4.74 Å². The molecule has 0 bridgehead atoms. The number of hydrogen-bond acceptors (Lipinski definition) is 7. The third-order valence-corrected chi connectivity index (χ3v) is 4.22. The Labute approximate surface area is 133 Å². The van der Waals surface area contributed by atoms with Crippen LogP contribution < -0.4 is 4.90 Å². The highest BCUT2D eigenvalue weighted by atomic mass is 16.6. The van der Waals surface area contributed by atoms with E-state index in [9.17, 15) is 15.3 Å². The molecule has 3 rings (SSSR count). The van der Waals surface area contributed by atoms with Gasteiger partial charge < -0.3 is 25.0 Å². The van der Waals surface area contributed by atoms with Crippen molar-refractivity contribution in [3.05, 3.63) is 23.7 Å². The fourth-order valence-electron chi connectivity index (χ4n) is 2.88. The number of fused-ring (bicyclic) bond motifs is 1. The Morgan fingerprint density at radius 3 is 2.52 bits per heavy atom. The van der Waals surface area contributed by atoms with Crippen LogP contribution in [0.15, 0.2) is 12.1 Å². The van der Waals surface area contributed by atoms with Crippen LogP contribution in [0.4, 0.5) is 5.82 Å². The summed E-state index contributed by atoms with van der Waals surface area (Å²) in [6.07, 6.45) is -3.25. The quantitative estimate of drug-likeness (QED) is 0.672. The molecule has 0 radical (unpaired) electrons. The predicted molar refractivity (Wildman–Crippen MR) is 83.5 cm³/mol. The van der Waals surface area contributed by atoms with Crippen LogP contribution in [-0.2, 0) is 11.2 Å². The number of hydrogen-bond donors (Lipinski definition) is 3. The maximum absolute atomic E-state index is 10.1.